The number of ketones is 2. The van der Waals surface area contributed by atoms with E-state index in [0.717, 1.165) is 29.1 Å². The van der Waals surface area contributed by atoms with Crippen molar-refractivity contribution >= 4 is 21.7 Å². The number of carbonyl (C=O) groups excluding carboxylic acids is 2. The molecule has 0 saturated heterocycles. The molecule has 0 bridgehead atoms. The molecule has 302 valence electrons. The first-order chi connectivity index (χ1) is 28.5. The summed E-state index contributed by atoms with van der Waals surface area (Å²) in [7, 11) is -2.87. The van der Waals surface area contributed by atoms with E-state index in [4.69, 9.17) is 9.47 Å². The van der Waals surface area contributed by atoms with Crippen LogP contribution < -0.4 is 9.47 Å². The van der Waals surface area contributed by atoms with E-state index in [1.807, 2.05) is 37.3 Å². The van der Waals surface area contributed by atoms with Crippen molar-refractivity contribution in [2.75, 3.05) is 7.11 Å². The maximum atomic E-state index is 13.6. The SMILES string of the molecule is COc1ccc(C(C)(C)c2cccc(C(C)(C)c3ccc(Oc4ccc(C(=O)c5ccc(-c6ccc(C)cc6C(=O)c6cncc(S(=O)(=O)O)c6)cc5)cc4)cc3)c2)cc1. The molecule has 0 aliphatic heterocycles. The minimum absolute atomic E-state index is 0.0143. The molecule has 0 radical (unpaired) electrons. The number of methoxy groups -OCH3 is 1. The number of nitrogens with zero attached hydrogens (tertiary/aromatic N) is 1. The van der Waals surface area contributed by atoms with Crippen molar-refractivity contribution in [3.05, 3.63) is 208 Å². The average Bonchev–Trinajstić information content (AvgIpc) is 3.26. The highest BCUT2D eigenvalue weighted by molar-refractivity contribution is 7.85. The lowest BCUT2D eigenvalue weighted by molar-refractivity contribution is 0.103. The highest BCUT2D eigenvalue weighted by atomic mass is 32.2. The van der Waals surface area contributed by atoms with Crippen LogP contribution in [-0.2, 0) is 20.9 Å². The van der Waals surface area contributed by atoms with Crippen molar-refractivity contribution in [2.45, 2.75) is 50.3 Å². The van der Waals surface area contributed by atoms with Gasteiger partial charge in [-0.05, 0) is 101 Å². The first-order valence-corrected chi connectivity index (χ1v) is 20.9. The van der Waals surface area contributed by atoms with Crippen LogP contribution in [0.2, 0.25) is 0 Å². The van der Waals surface area contributed by atoms with Gasteiger partial charge in [0.2, 0.25) is 0 Å². The van der Waals surface area contributed by atoms with Crippen LogP contribution in [0, 0.1) is 6.92 Å². The van der Waals surface area contributed by atoms with Crippen molar-refractivity contribution in [3.63, 3.8) is 0 Å². The molecule has 7 rings (SSSR count). The summed E-state index contributed by atoms with van der Waals surface area (Å²) in [6.07, 6.45) is 2.23. The number of hydrogen-bond acceptors (Lipinski definition) is 7. The second kappa shape index (κ2) is 16.5. The van der Waals surface area contributed by atoms with Crippen LogP contribution in [0.25, 0.3) is 11.1 Å². The lowest BCUT2D eigenvalue weighted by Gasteiger charge is -2.31. The van der Waals surface area contributed by atoms with E-state index in [1.165, 1.54) is 22.9 Å². The summed E-state index contributed by atoms with van der Waals surface area (Å²) in [6.45, 7) is 10.8. The Bertz CT molecular complexity index is 2810. The molecule has 0 saturated carbocycles. The zero-order valence-electron chi connectivity index (χ0n) is 34.3. The maximum Gasteiger partial charge on any atom is 0.296 e. The molecule has 9 heteroatoms. The van der Waals surface area contributed by atoms with Crippen LogP contribution in [-0.4, -0.2) is 36.6 Å². The van der Waals surface area contributed by atoms with Crippen LogP contribution in [0.1, 0.15) is 87.4 Å². The van der Waals surface area contributed by atoms with E-state index in [0.29, 0.717) is 39.3 Å². The third-order valence-corrected chi connectivity index (χ3v) is 12.0. The van der Waals surface area contributed by atoms with E-state index < -0.39 is 20.8 Å². The van der Waals surface area contributed by atoms with Gasteiger partial charge in [0.05, 0.1) is 7.11 Å². The molecule has 0 spiro atoms. The number of ether oxygens (including phenoxy) is 2. The number of aryl methyl sites for hydroxylation is 1. The van der Waals surface area contributed by atoms with Crippen molar-refractivity contribution in [1.29, 1.82) is 0 Å². The summed E-state index contributed by atoms with van der Waals surface area (Å²) in [5.41, 5.74) is 7.72. The Labute approximate surface area is 351 Å². The molecule has 1 aromatic heterocycles. The molecule has 8 nitrogen and oxygen atoms in total. The Morgan fingerprint density at radius 3 is 1.62 bits per heavy atom. The Morgan fingerprint density at radius 1 is 0.567 bits per heavy atom. The summed E-state index contributed by atoms with van der Waals surface area (Å²) in [4.78, 5) is 30.5. The molecule has 6 aromatic carbocycles. The summed E-state index contributed by atoms with van der Waals surface area (Å²) in [5, 5.41) is 0. The normalized spacial score (nSPS) is 11.8. The molecule has 0 aliphatic rings. The molecule has 0 aliphatic carbocycles. The van der Waals surface area contributed by atoms with Crippen LogP contribution in [0.15, 0.2) is 163 Å². The van der Waals surface area contributed by atoms with Gasteiger partial charge in [-0.2, -0.15) is 8.42 Å². The van der Waals surface area contributed by atoms with Gasteiger partial charge in [0.1, 0.15) is 22.1 Å². The van der Waals surface area contributed by atoms with Gasteiger partial charge in [0.25, 0.3) is 10.1 Å². The molecule has 0 unspecified atom stereocenters. The van der Waals surface area contributed by atoms with Gasteiger partial charge in [-0.25, -0.2) is 0 Å². The summed E-state index contributed by atoms with van der Waals surface area (Å²) >= 11 is 0. The smallest absolute Gasteiger partial charge is 0.296 e. The predicted octanol–water partition coefficient (Wildman–Crippen LogP) is 11.2. The molecule has 0 atom stereocenters. The Hall–Kier alpha value is -6.68. The minimum Gasteiger partial charge on any atom is -0.497 e. The lowest BCUT2D eigenvalue weighted by atomic mass is 9.73. The molecule has 1 heterocycles. The van der Waals surface area contributed by atoms with Gasteiger partial charge < -0.3 is 9.47 Å². The Balaban J connectivity index is 1.02. The molecule has 0 amide bonds. The van der Waals surface area contributed by atoms with E-state index in [-0.39, 0.29) is 22.2 Å². The Kier molecular flexibility index (Phi) is 11.4. The van der Waals surface area contributed by atoms with Crippen molar-refractivity contribution in [3.8, 4) is 28.4 Å². The molecule has 60 heavy (non-hydrogen) atoms. The number of rotatable bonds is 13. The number of carbonyl (C=O) groups is 2. The summed E-state index contributed by atoms with van der Waals surface area (Å²) < 4.78 is 44.4. The monoisotopic (exact) mass is 815 g/mol. The van der Waals surface area contributed by atoms with E-state index in [9.17, 15) is 22.6 Å². The van der Waals surface area contributed by atoms with E-state index >= 15 is 0 Å². The number of aromatic nitrogens is 1. The third-order valence-electron chi connectivity index (χ3n) is 11.2. The molecule has 1 N–H and O–H groups in total. The number of benzene rings is 6. The number of hydrogen-bond donors (Lipinski definition) is 1. The maximum absolute atomic E-state index is 13.6. The van der Waals surface area contributed by atoms with Gasteiger partial charge in [0.15, 0.2) is 11.6 Å². The summed E-state index contributed by atoms with van der Waals surface area (Å²) in [6, 6.07) is 45.6. The standard InChI is InChI=1S/C51H45NO7S/c1-33-10-27-46(47(28-33)49(54)37-29-45(32-52-31-37)60(55,56)57)34-11-13-35(14-12-34)48(53)36-15-21-43(22-16-36)59-44-25-19-39(20-26-44)51(4,5)41-9-7-8-40(30-41)50(2,3)38-17-23-42(58-6)24-18-38/h7-32H,1-6H3,(H,55,56,57). The fourth-order valence-electron chi connectivity index (χ4n) is 7.29. The quantitative estimate of drug-likeness (QED) is 0.0902. The first kappa shape index (κ1) is 41.5. The fourth-order valence-corrected chi connectivity index (χ4v) is 7.76. The second-order valence-corrected chi connectivity index (χ2v) is 17.3. The fraction of sp³-hybridized carbons (Fsp3) is 0.157. The molecule has 0 fully saturated rings. The van der Waals surface area contributed by atoms with Crippen LogP contribution >= 0.6 is 0 Å². The first-order valence-electron chi connectivity index (χ1n) is 19.4. The van der Waals surface area contributed by atoms with Crippen LogP contribution in [0.3, 0.4) is 0 Å². The topological polar surface area (TPSA) is 120 Å². The summed E-state index contributed by atoms with van der Waals surface area (Å²) in [5.74, 6) is 1.47. The largest absolute Gasteiger partial charge is 0.497 e. The van der Waals surface area contributed by atoms with Gasteiger partial charge in [-0.3, -0.25) is 19.1 Å². The van der Waals surface area contributed by atoms with Gasteiger partial charge in [-0.1, -0.05) is 118 Å². The lowest BCUT2D eigenvalue weighted by Crippen LogP contribution is -2.22. The second-order valence-electron chi connectivity index (χ2n) is 15.9. The third kappa shape index (κ3) is 8.69. The highest BCUT2D eigenvalue weighted by Gasteiger charge is 2.28. The van der Waals surface area contributed by atoms with E-state index in [2.05, 4.69) is 81.2 Å². The van der Waals surface area contributed by atoms with Crippen molar-refractivity contribution in [2.24, 2.45) is 0 Å². The molecular formula is C51H45NO7S. The zero-order valence-corrected chi connectivity index (χ0v) is 35.1. The van der Waals surface area contributed by atoms with Crippen LogP contribution in [0.4, 0.5) is 0 Å². The van der Waals surface area contributed by atoms with Gasteiger partial charge in [0, 0.05) is 45.5 Å². The number of pyridine rings is 1. The van der Waals surface area contributed by atoms with Crippen molar-refractivity contribution in [1.82, 2.24) is 4.98 Å². The van der Waals surface area contributed by atoms with Gasteiger partial charge in [-0.15, -0.1) is 0 Å². The van der Waals surface area contributed by atoms with E-state index in [1.54, 1.807) is 67.8 Å². The highest BCUT2D eigenvalue weighted by Crippen LogP contribution is 2.38. The predicted molar refractivity (Wildman–Crippen MR) is 234 cm³/mol. The minimum atomic E-state index is -4.55. The molecule has 7 aromatic rings. The van der Waals surface area contributed by atoms with Crippen LogP contribution in [0.5, 0.6) is 17.2 Å². The molecular weight excluding hydrogens is 771 g/mol. The average molecular weight is 816 g/mol. The zero-order chi connectivity index (χ0) is 42.8. The van der Waals surface area contributed by atoms with Crippen molar-refractivity contribution < 1.29 is 32.0 Å². The van der Waals surface area contributed by atoms with Gasteiger partial charge >= 0.3 is 0 Å². The Morgan fingerprint density at radius 2 is 1.08 bits per heavy atom.